The van der Waals surface area contributed by atoms with Crippen molar-refractivity contribution in [2.45, 2.75) is 51.0 Å². The zero-order valence-electron chi connectivity index (χ0n) is 20.5. The first-order chi connectivity index (χ1) is 17.1. The predicted octanol–water partition coefficient (Wildman–Crippen LogP) is 3.59. The van der Waals surface area contributed by atoms with Gasteiger partial charge in [0.25, 0.3) is 0 Å². The highest BCUT2D eigenvalue weighted by Gasteiger charge is 2.35. The molecule has 35 heavy (non-hydrogen) atoms. The monoisotopic (exact) mass is 475 g/mol. The lowest BCUT2D eigenvalue weighted by molar-refractivity contribution is -0.130. The van der Waals surface area contributed by atoms with Gasteiger partial charge < -0.3 is 20.3 Å². The average molecular weight is 476 g/mol. The number of rotatable bonds is 8. The molecule has 2 aliphatic heterocycles. The maximum atomic E-state index is 13.3. The normalized spacial score (nSPS) is 24.2. The fraction of sp³-hybridized carbons (Fsp3) is 0.517. The standard InChI is InChI=1S/C29H37N3O3/c33-28(30-18-27-10-5-15-35-27)24-16-25(20-32(19-24)14-13-21-6-2-1-3-7-21)29(34)31-26-12-11-22-8-4-9-23(22)17-26/h1-3,6-7,11-12,17,24-25,27H,4-5,8-10,13-16,18-20H2,(H,30,33)(H,31,34)/t24-,25+,27-/m0/s1. The smallest absolute Gasteiger partial charge is 0.228 e. The zero-order chi connectivity index (χ0) is 24.0. The summed E-state index contributed by atoms with van der Waals surface area (Å²) < 4.78 is 5.67. The van der Waals surface area contributed by atoms with Crippen molar-refractivity contribution in [2.75, 3.05) is 38.1 Å². The minimum atomic E-state index is -0.216. The molecule has 0 aromatic heterocycles. The van der Waals surface area contributed by atoms with Crippen LogP contribution in [-0.2, 0) is 33.6 Å². The van der Waals surface area contributed by atoms with Gasteiger partial charge in [0.2, 0.25) is 11.8 Å². The van der Waals surface area contributed by atoms with Gasteiger partial charge in [-0.2, -0.15) is 0 Å². The van der Waals surface area contributed by atoms with Crippen molar-refractivity contribution in [3.63, 3.8) is 0 Å². The van der Waals surface area contributed by atoms with E-state index >= 15 is 0 Å². The van der Waals surface area contributed by atoms with Crippen LogP contribution in [0.25, 0.3) is 0 Å². The maximum absolute atomic E-state index is 13.3. The number of likely N-dealkylation sites (tertiary alicyclic amines) is 1. The van der Waals surface area contributed by atoms with Gasteiger partial charge in [-0.15, -0.1) is 0 Å². The Morgan fingerprint density at radius 2 is 1.74 bits per heavy atom. The van der Waals surface area contributed by atoms with E-state index in [-0.39, 0.29) is 29.8 Å². The molecule has 6 heteroatoms. The molecule has 186 valence electrons. The Hall–Kier alpha value is -2.70. The first kappa shape index (κ1) is 24.0. The van der Waals surface area contributed by atoms with E-state index < -0.39 is 0 Å². The summed E-state index contributed by atoms with van der Waals surface area (Å²) in [6.45, 7) is 3.54. The molecule has 0 bridgehead atoms. The first-order valence-electron chi connectivity index (χ1n) is 13.2. The number of benzene rings is 2. The third-order valence-electron chi connectivity index (χ3n) is 7.72. The van der Waals surface area contributed by atoms with Gasteiger partial charge in [0, 0.05) is 38.5 Å². The van der Waals surface area contributed by atoms with Gasteiger partial charge in [-0.3, -0.25) is 9.59 Å². The Morgan fingerprint density at radius 1 is 0.943 bits per heavy atom. The summed E-state index contributed by atoms with van der Waals surface area (Å²) in [6, 6.07) is 16.7. The van der Waals surface area contributed by atoms with Crippen LogP contribution in [0.3, 0.4) is 0 Å². The van der Waals surface area contributed by atoms with E-state index in [0.717, 1.165) is 50.9 Å². The molecule has 2 aromatic carbocycles. The van der Waals surface area contributed by atoms with Crippen LogP contribution >= 0.6 is 0 Å². The molecule has 5 rings (SSSR count). The number of nitrogens with one attached hydrogen (secondary N) is 2. The van der Waals surface area contributed by atoms with Crippen LogP contribution in [0, 0.1) is 11.8 Å². The minimum absolute atomic E-state index is 0.0179. The molecular weight excluding hydrogens is 438 g/mol. The SMILES string of the molecule is O=C(NC[C@@H]1CCCO1)[C@H]1C[C@@H](C(=O)Nc2ccc3c(c2)CCC3)CN(CCc2ccccc2)C1. The van der Waals surface area contributed by atoms with Crippen molar-refractivity contribution in [1.82, 2.24) is 10.2 Å². The topological polar surface area (TPSA) is 70.7 Å². The summed E-state index contributed by atoms with van der Waals surface area (Å²) in [5.74, 6) is -0.354. The van der Waals surface area contributed by atoms with Crippen molar-refractivity contribution in [1.29, 1.82) is 0 Å². The summed E-state index contributed by atoms with van der Waals surface area (Å²) in [5, 5.41) is 6.26. The molecule has 2 amide bonds. The molecule has 2 heterocycles. The predicted molar refractivity (Wildman–Crippen MR) is 137 cm³/mol. The number of aryl methyl sites for hydroxylation is 2. The Morgan fingerprint density at radius 3 is 2.54 bits per heavy atom. The van der Waals surface area contributed by atoms with Crippen LogP contribution in [0.4, 0.5) is 5.69 Å². The Bertz CT molecular complexity index is 1020. The summed E-state index contributed by atoms with van der Waals surface area (Å²) in [5.41, 5.74) is 4.89. The quantitative estimate of drug-likeness (QED) is 0.612. The molecule has 2 aromatic rings. The minimum Gasteiger partial charge on any atom is -0.376 e. The number of ether oxygens (including phenoxy) is 1. The summed E-state index contributed by atoms with van der Waals surface area (Å²) in [4.78, 5) is 28.7. The van der Waals surface area contributed by atoms with Gasteiger partial charge in [-0.05, 0) is 73.8 Å². The zero-order valence-corrected chi connectivity index (χ0v) is 20.5. The molecule has 1 aliphatic carbocycles. The third kappa shape index (κ3) is 6.30. The average Bonchev–Trinajstić information content (AvgIpc) is 3.58. The Kier molecular flexibility index (Phi) is 7.79. The van der Waals surface area contributed by atoms with Gasteiger partial charge in [0.1, 0.15) is 0 Å². The molecule has 0 spiro atoms. The molecule has 2 N–H and O–H groups in total. The molecule has 0 saturated carbocycles. The van der Waals surface area contributed by atoms with Gasteiger partial charge in [0.05, 0.1) is 17.9 Å². The Labute approximate surface area is 208 Å². The van der Waals surface area contributed by atoms with Crippen LogP contribution in [0.2, 0.25) is 0 Å². The number of amides is 2. The van der Waals surface area contributed by atoms with Crippen molar-refractivity contribution < 1.29 is 14.3 Å². The molecule has 0 radical (unpaired) electrons. The van der Waals surface area contributed by atoms with E-state index in [1.807, 2.05) is 12.1 Å². The fourth-order valence-electron chi connectivity index (χ4n) is 5.74. The second kappa shape index (κ2) is 11.4. The number of nitrogens with zero attached hydrogens (tertiary/aromatic N) is 1. The second-order valence-electron chi connectivity index (χ2n) is 10.3. The summed E-state index contributed by atoms with van der Waals surface area (Å²) in [6.07, 6.45) is 7.07. The van der Waals surface area contributed by atoms with Crippen LogP contribution in [0.5, 0.6) is 0 Å². The molecule has 3 aliphatic rings. The van der Waals surface area contributed by atoms with Crippen LogP contribution < -0.4 is 10.6 Å². The van der Waals surface area contributed by atoms with E-state index in [2.05, 4.69) is 51.9 Å². The van der Waals surface area contributed by atoms with Gasteiger partial charge in [-0.1, -0.05) is 36.4 Å². The summed E-state index contributed by atoms with van der Waals surface area (Å²) in [7, 11) is 0. The number of carbonyl (C=O) groups excluding carboxylic acids is 2. The van der Waals surface area contributed by atoms with Crippen LogP contribution in [0.1, 0.15) is 42.4 Å². The van der Waals surface area contributed by atoms with Gasteiger partial charge >= 0.3 is 0 Å². The van der Waals surface area contributed by atoms with Crippen LogP contribution in [-0.4, -0.2) is 55.6 Å². The molecule has 3 atom stereocenters. The largest absolute Gasteiger partial charge is 0.376 e. The highest BCUT2D eigenvalue weighted by atomic mass is 16.5. The summed E-state index contributed by atoms with van der Waals surface area (Å²) >= 11 is 0. The van der Waals surface area contributed by atoms with Gasteiger partial charge in [0.15, 0.2) is 0 Å². The highest BCUT2D eigenvalue weighted by molar-refractivity contribution is 5.93. The molecule has 2 saturated heterocycles. The van der Waals surface area contributed by atoms with Crippen LogP contribution in [0.15, 0.2) is 48.5 Å². The number of piperidine rings is 1. The first-order valence-corrected chi connectivity index (χ1v) is 13.2. The van der Waals surface area contributed by atoms with Gasteiger partial charge in [-0.25, -0.2) is 0 Å². The number of carbonyl (C=O) groups is 2. The lowest BCUT2D eigenvalue weighted by Gasteiger charge is -2.36. The lowest BCUT2D eigenvalue weighted by Crippen LogP contribution is -2.50. The van der Waals surface area contributed by atoms with Crippen molar-refractivity contribution in [3.05, 3.63) is 65.2 Å². The van der Waals surface area contributed by atoms with Crippen molar-refractivity contribution in [2.24, 2.45) is 11.8 Å². The van der Waals surface area contributed by atoms with Crippen molar-refractivity contribution >= 4 is 17.5 Å². The fourth-order valence-corrected chi connectivity index (χ4v) is 5.74. The number of hydrogen-bond donors (Lipinski definition) is 2. The van der Waals surface area contributed by atoms with E-state index in [1.54, 1.807) is 0 Å². The van der Waals surface area contributed by atoms with Crippen molar-refractivity contribution in [3.8, 4) is 0 Å². The lowest BCUT2D eigenvalue weighted by atomic mass is 9.87. The number of anilines is 1. The number of fused-ring (bicyclic) bond motifs is 1. The van der Waals surface area contributed by atoms with E-state index in [1.165, 1.54) is 23.1 Å². The molecule has 2 fully saturated rings. The molecule has 0 unspecified atom stereocenters. The highest BCUT2D eigenvalue weighted by Crippen LogP contribution is 2.27. The van der Waals surface area contributed by atoms with E-state index in [0.29, 0.717) is 26.1 Å². The molecule has 6 nitrogen and oxygen atoms in total. The van der Waals surface area contributed by atoms with E-state index in [4.69, 9.17) is 4.74 Å². The third-order valence-corrected chi connectivity index (χ3v) is 7.72. The number of hydrogen-bond acceptors (Lipinski definition) is 4. The molecular formula is C29H37N3O3. The second-order valence-corrected chi connectivity index (χ2v) is 10.3. The van der Waals surface area contributed by atoms with E-state index in [9.17, 15) is 9.59 Å². The maximum Gasteiger partial charge on any atom is 0.228 e. The Balaban J connectivity index is 1.23.